The maximum Gasteiger partial charge on any atom is 0.320 e. The SMILES string of the molecule is O=C(O)CCN1CCN(CCc2ccccc2)C1=O. The number of urea groups is 1. The number of benzene rings is 1. The number of carbonyl (C=O) groups is 2. The lowest BCUT2D eigenvalue weighted by Crippen LogP contribution is -2.34. The van der Waals surface area contributed by atoms with Crippen molar-refractivity contribution in [1.82, 2.24) is 9.80 Å². The summed E-state index contributed by atoms with van der Waals surface area (Å²) in [6.45, 7) is 2.30. The van der Waals surface area contributed by atoms with Gasteiger partial charge in [0.15, 0.2) is 0 Å². The Labute approximate surface area is 112 Å². The summed E-state index contributed by atoms with van der Waals surface area (Å²) in [4.78, 5) is 25.9. The molecule has 0 spiro atoms. The fraction of sp³-hybridized carbons (Fsp3) is 0.429. The van der Waals surface area contributed by atoms with Crippen LogP contribution in [0.1, 0.15) is 12.0 Å². The van der Waals surface area contributed by atoms with Gasteiger partial charge in [0.1, 0.15) is 0 Å². The monoisotopic (exact) mass is 262 g/mol. The molecule has 1 heterocycles. The van der Waals surface area contributed by atoms with Crippen LogP contribution >= 0.6 is 0 Å². The molecular weight excluding hydrogens is 244 g/mol. The molecular formula is C14H18N2O3. The smallest absolute Gasteiger partial charge is 0.320 e. The van der Waals surface area contributed by atoms with Crippen LogP contribution in [0.4, 0.5) is 4.79 Å². The second-order valence-corrected chi connectivity index (χ2v) is 4.64. The number of carbonyl (C=O) groups excluding carboxylic acids is 1. The van der Waals surface area contributed by atoms with Gasteiger partial charge in [-0.15, -0.1) is 0 Å². The largest absolute Gasteiger partial charge is 0.481 e. The van der Waals surface area contributed by atoms with E-state index in [4.69, 9.17) is 5.11 Å². The molecule has 2 amide bonds. The van der Waals surface area contributed by atoms with Gasteiger partial charge in [0.05, 0.1) is 6.42 Å². The highest BCUT2D eigenvalue weighted by Gasteiger charge is 2.27. The van der Waals surface area contributed by atoms with Crippen molar-refractivity contribution in [2.45, 2.75) is 12.8 Å². The molecule has 19 heavy (non-hydrogen) atoms. The van der Waals surface area contributed by atoms with Crippen molar-refractivity contribution in [3.05, 3.63) is 35.9 Å². The highest BCUT2D eigenvalue weighted by molar-refractivity contribution is 5.77. The summed E-state index contributed by atoms with van der Waals surface area (Å²) in [6.07, 6.45) is 0.845. The standard InChI is InChI=1S/C14H18N2O3/c17-13(18)7-9-16-11-10-15(14(16)19)8-6-12-4-2-1-3-5-12/h1-5H,6-11H2,(H,17,18). The van der Waals surface area contributed by atoms with Gasteiger partial charge in [-0.25, -0.2) is 4.79 Å². The van der Waals surface area contributed by atoms with Gasteiger partial charge in [0.25, 0.3) is 0 Å². The van der Waals surface area contributed by atoms with Crippen LogP contribution < -0.4 is 0 Å². The zero-order valence-electron chi connectivity index (χ0n) is 10.8. The first-order valence-electron chi connectivity index (χ1n) is 6.46. The van der Waals surface area contributed by atoms with E-state index in [0.717, 1.165) is 6.42 Å². The Kier molecular flexibility index (Phi) is 4.39. The predicted molar refractivity (Wildman–Crippen MR) is 70.9 cm³/mol. The van der Waals surface area contributed by atoms with Crippen LogP contribution in [0.5, 0.6) is 0 Å². The fourth-order valence-electron chi connectivity index (χ4n) is 2.19. The number of rotatable bonds is 6. The van der Waals surface area contributed by atoms with Crippen LogP contribution in [0, 0.1) is 0 Å². The van der Waals surface area contributed by atoms with Gasteiger partial charge >= 0.3 is 12.0 Å². The highest BCUT2D eigenvalue weighted by Crippen LogP contribution is 2.10. The number of carboxylic acids is 1. The molecule has 0 saturated carbocycles. The van der Waals surface area contributed by atoms with E-state index in [1.54, 1.807) is 9.80 Å². The van der Waals surface area contributed by atoms with Crippen molar-refractivity contribution in [3.8, 4) is 0 Å². The topological polar surface area (TPSA) is 60.9 Å². The summed E-state index contributed by atoms with van der Waals surface area (Å²) in [6, 6.07) is 9.99. The minimum absolute atomic E-state index is 0.0122. The van der Waals surface area contributed by atoms with Crippen molar-refractivity contribution in [2.24, 2.45) is 0 Å². The van der Waals surface area contributed by atoms with Crippen LogP contribution in [0.25, 0.3) is 0 Å². The van der Waals surface area contributed by atoms with E-state index in [9.17, 15) is 9.59 Å². The summed E-state index contributed by atoms with van der Waals surface area (Å²) >= 11 is 0. The molecule has 1 aromatic carbocycles. The minimum Gasteiger partial charge on any atom is -0.481 e. The van der Waals surface area contributed by atoms with Crippen LogP contribution in [0.15, 0.2) is 30.3 Å². The second-order valence-electron chi connectivity index (χ2n) is 4.64. The first-order chi connectivity index (χ1) is 9.16. The summed E-state index contributed by atoms with van der Waals surface area (Å²) in [5, 5.41) is 8.63. The third-order valence-electron chi connectivity index (χ3n) is 3.29. The van der Waals surface area contributed by atoms with Gasteiger partial charge in [-0.2, -0.15) is 0 Å². The van der Waals surface area contributed by atoms with Gasteiger partial charge in [-0.1, -0.05) is 30.3 Å². The predicted octanol–water partition coefficient (Wildman–Crippen LogP) is 1.44. The zero-order chi connectivity index (χ0) is 13.7. The van der Waals surface area contributed by atoms with Crippen molar-refractivity contribution in [1.29, 1.82) is 0 Å². The number of aliphatic carboxylic acids is 1. The van der Waals surface area contributed by atoms with Gasteiger partial charge < -0.3 is 14.9 Å². The molecule has 0 aromatic heterocycles. The van der Waals surface area contributed by atoms with E-state index in [-0.39, 0.29) is 12.5 Å². The maximum absolute atomic E-state index is 12.0. The molecule has 2 rings (SSSR count). The molecule has 5 heteroatoms. The number of hydrogen-bond acceptors (Lipinski definition) is 2. The highest BCUT2D eigenvalue weighted by atomic mass is 16.4. The maximum atomic E-state index is 12.0. The number of nitrogens with zero attached hydrogens (tertiary/aromatic N) is 2. The number of carboxylic acid groups (broad SMARTS) is 1. The molecule has 0 radical (unpaired) electrons. The molecule has 102 valence electrons. The molecule has 1 N–H and O–H groups in total. The quantitative estimate of drug-likeness (QED) is 0.844. The van der Waals surface area contributed by atoms with E-state index < -0.39 is 5.97 Å². The first kappa shape index (κ1) is 13.4. The van der Waals surface area contributed by atoms with Crippen LogP contribution in [0.3, 0.4) is 0 Å². The number of amides is 2. The average Bonchev–Trinajstić information content (AvgIpc) is 2.76. The Morgan fingerprint density at radius 3 is 2.37 bits per heavy atom. The molecule has 0 unspecified atom stereocenters. The van der Waals surface area contributed by atoms with E-state index in [1.807, 2.05) is 30.3 Å². The minimum atomic E-state index is -0.865. The van der Waals surface area contributed by atoms with Crippen LogP contribution in [-0.4, -0.2) is 53.1 Å². The lowest BCUT2D eigenvalue weighted by molar-refractivity contribution is -0.137. The Morgan fingerprint density at radius 1 is 1.11 bits per heavy atom. The van der Waals surface area contributed by atoms with Gasteiger partial charge in [-0.3, -0.25) is 4.79 Å². The second kappa shape index (κ2) is 6.22. The first-order valence-corrected chi connectivity index (χ1v) is 6.46. The molecule has 1 aliphatic heterocycles. The molecule has 0 aliphatic carbocycles. The third kappa shape index (κ3) is 3.71. The van der Waals surface area contributed by atoms with Crippen LogP contribution in [0.2, 0.25) is 0 Å². The van der Waals surface area contributed by atoms with Gasteiger partial charge in [0, 0.05) is 26.2 Å². The molecule has 1 aliphatic rings. The molecule has 1 fully saturated rings. The lowest BCUT2D eigenvalue weighted by Gasteiger charge is -2.18. The van der Waals surface area contributed by atoms with Crippen molar-refractivity contribution in [2.75, 3.05) is 26.2 Å². The van der Waals surface area contributed by atoms with Gasteiger partial charge in [-0.05, 0) is 12.0 Å². The Hall–Kier alpha value is -2.04. The van der Waals surface area contributed by atoms with E-state index in [2.05, 4.69) is 0 Å². The van der Waals surface area contributed by atoms with E-state index >= 15 is 0 Å². The van der Waals surface area contributed by atoms with Crippen molar-refractivity contribution >= 4 is 12.0 Å². The lowest BCUT2D eigenvalue weighted by atomic mass is 10.1. The van der Waals surface area contributed by atoms with Gasteiger partial charge in [0.2, 0.25) is 0 Å². The summed E-state index contributed by atoms with van der Waals surface area (Å²) in [5.74, 6) is -0.865. The Balaban J connectivity index is 1.80. The van der Waals surface area contributed by atoms with E-state index in [0.29, 0.717) is 26.2 Å². The fourth-order valence-corrected chi connectivity index (χ4v) is 2.19. The molecule has 0 bridgehead atoms. The molecule has 1 aromatic rings. The Bertz CT molecular complexity index is 447. The van der Waals surface area contributed by atoms with E-state index in [1.165, 1.54) is 5.56 Å². The summed E-state index contributed by atoms with van der Waals surface area (Å²) < 4.78 is 0. The zero-order valence-corrected chi connectivity index (χ0v) is 10.8. The normalized spacial score (nSPS) is 15.1. The van der Waals surface area contributed by atoms with Crippen LogP contribution in [-0.2, 0) is 11.2 Å². The number of hydrogen-bond donors (Lipinski definition) is 1. The average molecular weight is 262 g/mol. The molecule has 1 saturated heterocycles. The molecule has 0 atom stereocenters. The Morgan fingerprint density at radius 2 is 1.74 bits per heavy atom. The molecule has 5 nitrogen and oxygen atoms in total. The summed E-state index contributed by atoms with van der Waals surface area (Å²) in [5.41, 5.74) is 1.21. The van der Waals surface area contributed by atoms with Crippen molar-refractivity contribution in [3.63, 3.8) is 0 Å². The summed E-state index contributed by atoms with van der Waals surface area (Å²) in [7, 11) is 0. The van der Waals surface area contributed by atoms with Crippen molar-refractivity contribution < 1.29 is 14.7 Å². The third-order valence-corrected chi connectivity index (χ3v) is 3.29.